The maximum atomic E-state index is 13.0. The molecule has 3 rings (SSSR count). The summed E-state index contributed by atoms with van der Waals surface area (Å²) < 4.78 is 23.3. The van der Waals surface area contributed by atoms with E-state index in [1.165, 1.54) is 38.1 Å². The Bertz CT molecular complexity index is 777. The molecular formula is C23H31FN2O4. The van der Waals surface area contributed by atoms with E-state index in [4.69, 9.17) is 20.3 Å². The van der Waals surface area contributed by atoms with Gasteiger partial charge in [-0.1, -0.05) is 6.07 Å². The second kappa shape index (κ2) is 12.7. The normalized spacial score (nSPS) is 13.4. The Morgan fingerprint density at radius 2 is 1.80 bits per heavy atom. The minimum absolute atomic E-state index is 0.228. The number of halogens is 1. The first kappa shape index (κ1) is 23.5. The highest BCUT2D eigenvalue weighted by Crippen LogP contribution is 2.18. The molecule has 164 valence electrons. The molecule has 2 aromatic carbocycles. The van der Waals surface area contributed by atoms with Crippen LogP contribution in [-0.4, -0.2) is 49.3 Å². The SMILES string of the molecule is COc1ccc(OCCC(N)=O)cc1.Oc1ccc(CCCN2CCCC2)cc1F. The van der Waals surface area contributed by atoms with E-state index < -0.39 is 5.82 Å². The summed E-state index contributed by atoms with van der Waals surface area (Å²) in [6.07, 6.45) is 4.80. The van der Waals surface area contributed by atoms with Crippen molar-refractivity contribution in [1.29, 1.82) is 0 Å². The first-order valence-corrected chi connectivity index (χ1v) is 10.2. The van der Waals surface area contributed by atoms with Crippen LogP contribution in [0.3, 0.4) is 0 Å². The number of hydrogen-bond acceptors (Lipinski definition) is 5. The quantitative estimate of drug-likeness (QED) is 0.651. The van der Waals surface area contributed by atoms with Gasteiger partial charge < -0.3 is 25.2 Å². The Kier molecular flexibility index (Phi) is 9.94. The van der Waals surface area contributed by atoms with Crippen LogP contribution in [0.5, 0.6) is 17.2 Å². The lowest BCUT2D eigenvalue weighted by Crippen LogP contribution is -2.20. The minimum atomic E-state index is -0.515. The summed E-state index contributed by atoms with van der Waals surface area (Å²) >= 11 is 0. The van der Waals surface area contributed by atoms with Gasteiger partial charge in [0.1, 0.15) is 11.5 Å². The number of nitrogens with two attached hydrogens (primary N) is 1. The number of amides is 1. The number of nitrogens with zero attached hydrogens (tertiary/aromatic N) is 1. The van der Waals surface area contributed by atoms with Gasteiger partial charge in [-0.15, -0.1) is 0 Å². The third-order valence-corrected chi connectivity index (χ3v) is 4.83. The molecule has 2 aromatic rings. The molecule has 1 saturated heterocycles. The van der Waals surface area contributed by atoms with Gasteiger partial charge in [0, 0.05) is 0 Å². The fourth-order valence-electron chi connectivity index (χ4n) is 3.16. The lowest BCUT2D eigenvalue weighted by molar-refractivity contribution is -0.118. The Morgan fingerprint density at radius 3 is 2.40 bits per heavy atom. The van der Waals surface area contributed by atoms with Gasteiger partial charge >= 0.3 is 0 Å². The summed E-state index contributed by atoms with van der Waals surface area (Å²) in [7, 11) is 1.60. The second-order valence-corrected chi connectivity index (χ2v) is 7.18. The van der Waals surface area contributed by atoms with E-state index in [9.17, 15) is 9.18 Å². The molecule has 0 saturated carbocycles. The van der Waals surface area contributed by atoms with Gasteiger partial charge in [0.25, 0.3) is 0 Å². The largest absolute Gasteiger partial charge is 0.505 e. The average Bonchev–Trinajstić information content (AvgIpc) is 3.25. The van der Waals surface area contributed by atoms with Gasteiger partial charge in [-0.05, 0) is 87.3 Å². The molecule has 30 heavy (non-hydrogen) atoms. The molecule has 0 radical (unpaired) electrons. The maximum Gasteiger partial charge on any atom is 0.220 e. The van der Waals surface area contributed by atoms with Crippen molar-refractivity contribution >= 4 is 5.91 Å². The Morgan fingerprint density at radius 1 is 1.13 bits per heavy atom. The fraction of sp³-hybridized carbons (Fsp3) is 0.435. The van der Waals surface area contributed by atoms with Crippen molar-refractivity contribution in [3.63, 3.8) is 0 Å². The fourth-order valence-corrected chi connectivity index (χ4v) is 3.16. The predicted molar refractivity (Wildman–Crippen MR) is 114 cm³/mol. The third kappa shape index (κ3) is 8.69. The topological polar surface area (TPSA) is 85.0 Å². The van der Waals surface area contributed by atoms with Crippen LogP contribution in [0.15, 0.2) is 42.5 Å². The van der Waals surface area contributed by atoms with Crippen LogP contribution in [0, 0.1) is 5.82 Å². The number of ether oxygens (including phenoxy) is 2. The molecule has 0 unspecified atom stereocenters. The number of carbonyl (C=O) groups excluding carboxylic acids is 1. The van der Waals surface area contributed by atoms with Crippen molar-refractivity contribution in [2.75, 3.05) is 33.4 Å². The van der Waals surface area contributed by atoms with E-state index in [1.807, 2.05) is 0 Å². The Labute approximate surface area is 177 Å². The van der Waals surface area contributed by atoms with Crippen molar-refractivity contribution in [1.82, 2.24) is 4.90 Å². The molecule has 0 bridgehead atoms. The van der Waals surface area contributed by atoms with Gasteiger partial charge in [0.2, 0.25) is 5.91 Å². The van der Waals surface area contributed by atoms with Crippen molar-refractivity contribution in [3.8, 4) is 17.2 Å². The predicted octanol–water partition coefficient (Wildman–Crippen LogP) is 3.51. The summed E-state index contributed by atoms with van der Waals surface area (Å²) in [4.78, 5) is 12.9. The number of benzene rings is 2. The number of primary amides is 1. The molecule has 0 aliphatic carbocycles. The lowest BCUT2D eigenvalue weighted by Gasteiger charge is -2.13. The monoisotopic (exact) mass is 418 g/mol. The lowest BCUT2D eigenvalue weighted by atomic mass is 10.1. The number of carbonyl (C=O) groups is 1. The molecule has 0 atom stereocenters. The zero-order valence-electron chi connectivity index (χ0n) is 17.5. The number of hydrogen-bond donors (Lipinski definition) is 2. The molecule has 3 N–H and O–H groups in total. The van der Waals surface area contributed by atoms with E-state index in [0.29, 0.717) is 12.4 Å². The molecule has 0 aromatic heterocycles. The number of methoxy groups -OCH3 is 1. The van der Waals surface area contributed by atoms with E-state index in [0.717, 1.165) is 30.7 Å². The highest BCUT2D eigenvalue weighted by atomic mass is 19.1. The first-order chi connectivity index (χ1) is 14.5. The number of rotatable bonds is 9. The summed E-state index contributed by atoms with van der Waals surface area (Å²) in [6.45, 7) is 3.83. The molecule has 7 heteroatoms. The second-order valence-electron chi connectivity index (χ2n) is 7.18. The van der Waals surface area contributed by atoms with Crippen LogP contribution in [0.1, 0.15) is 31.2 Å². The number of aromatic hydroxyl groups is 1. The zero-order valence-corrected chi connectivity index (χ0v) is 17.5. The Balaban J connectivity index is 0.000000216. The summed E-state index contributed by atoms with van der Waals surface area (Å²) in [5.41, 5.74) is 5.93. The number of likely N-dealkylation sites (tertiary alicyclic amines) is 1. The number of phenolic OH excluding ortho intramolecular Hbond substituents is 1. The van der Waals surface area contributed by atoms with E-state index in [-0.39, 0.29) is 18.1 Å². The smallest absolute Gasteiger partial charge is 0.220 e. The third-order valence-electron chi connectivity index (χ3n) is 4.83. The van der Waals surface area contributed by atoms with Crippen molar-refractivity contribution in [3.05, 3.63) is 53.8 Å². The summed E-state index contributed by atoms with van der Waals surface area (Å²) in [5.74, 6) is 0.333. The average molecular weight is 419 g/mol. The Hall–Kier alpha value is -2.80. The van der Waals surface area contributed by atoms with Crippen molar-refractivity contribution in [2.45, 2.75) is 32.1 Å². The summed E-state index contributed by atoms with van der Waals surface area (Å²) in [6, 6.07) is 11.8. The van der Waals surface area contributed by atoms with Crippen LogP contribution in [0.25, 0.3) is 0 Å². The van der Waals surface area contributed by atoms with Crippen molar-refractivity contribution < 1.29 is 23.8 Å². The molecule has 6 nitrogen and oxygen atoms in total. The standard InChI is InChI=1S/C13H18FNO.C10H13NO3/c14-12-10-11(5-6-13(12)16)4-3-9-15-7-1-2-8-15;1-13-8-2-4-9(5-3-8)14-7-6-10(11)12/h5-6,10,16H,1-4,7-9H2;2-5H,6-7H2,1H3,(H2,11,12). The van der Waals surface area contributed by atoms with Gasteiger partial charge in [-0.3, -0.25) is 4.79 Å². The van der Waals surface area contributed by atoms with Crippen LogP contribution in [-0.2, 0) is 11.2 Å². The van der Waals surface area contributed by atoms with Crippen LogP contribution >= 0.6 is 0 Å². The minimum Gasteiger partial charge on any atom is -0.505 e. The van der Waals surface area contributed by atoms with Gasteiger partial charge in [-0.2, -0.15) is 0 Å². The van der Waals surface area contributed by atoms with Crippen LogP contribution < -0.4 is 15.2 Å². The molecule has 1 amide bonds. The maximum absolute atomic E-state index is 13.0. The molecule has 1 fully saturated rings. The molecule has 0 spiro atoms. The van der Waals surface area contributed by atoms with E-state index >= 15 is 0 Å². The van der Waals surface area contributed by atoms with Crippen molar-refractivity contribution in [2.24, 2.45) is 5.73 Å². The summed E-state index contributed by atoms with van der Waals surface area (Å²) in [5, 5.41) is 9.06. The number of phenols is 1. The van der Waals surface area contributed by atoms with E-state index in [2.05, 4.69) is 4.90 Å². The van der Waals surface area contributed by atoms with Gasteiger partial charge in [-0.25, -0.2) is 4.39 Å². The molecule has 1 aliphatic heterocycles. The van der Waals surface area contributed by atoms with Crippen LogP contribution in [0.4, 0.5) is 4.39 Å². The zero-order chi connectivity index (χ0) is 21.8. The highest BCUT2D eigenvalue weighted by molar-refractivity contribution is 5.73. The van der Waals surface area contributed by atoms with Gasteiger partial charge in [0.15, 0.2) is 11.6 Å². The van der Waals surface area contributed by atoms with E-state index in [1.54, 1.807) is 37.4 Å². The van der Waals surface area contributed by atoms with Crippen LogP contribution in [0.2, 0.25) is 0 Å². The molecular weight excluding hydrogens is 387 g/mol. The molecule has 1 heterocycles. The van der Waals surface area contributed by atoms with Gasteiger partial charge in [0.05, 0.1) is 20.1 Å². The number of aryl methyl sites for hydroxylation is 1. The first-order valence-electron chi connectivity index (χ1n) is 10.2. The molecule has 1 aliphatic rings. The highest BCUT2D eigenvalue weighted by Gasteiger charge is 2.10.